The van der Waals surface area contributed by atoms with Crippen LogP contribution >= 0.6 is 10.5 Å². The first kappa shape index (κ1) is 25.1. The van der Waals surface area contributed by atoms with Crippen molar-refractivity contribution in [3.63, 3.8) is 0 Å². The number of carbonyl (C=O) groups is 1. The van der Waals surface area contributed by atoms with Crippen LogP contribution in [-0.2, 0) is 13.0 Å². The molecule has 0 fully saturated rings. The number of nitrogens with zero attached hydrogens (tertiary/aromatic N) is 2. The summed E-state index contributed by atoms with van der Waals surface area (Å²) in [5, 5.41) is 0.861. The predicted molar refractivity (Wildman–Crippen MR) is 142 cm³/mol. The van der Waals surface area contributed by atoms with Gasteiger partial charge in [-0.2, -0.15) is 13.2 Å². The quantitative estimate of drug-likeness (QED) is 0.201. The van der Waals surface area contributed by atoms with E-state index in [0.717, 1.165) is 50.9 Å². The van der Waals surface area contributed by atoms with E-state index in [4.69, 9.17) is 0 Å². The molecule has 5 rings (SSSR count). The van der Waals surface area contributed by atoms with Gasteiger partial charge in [-0.05, 0) is 67.8 Å². The maximum atomic E-state index is 15.0. The van der Waals surface area contributed by atoms with Gasteiger partial charge in [-0.15, -0.1) is 0 Å². The molecule has 0 spiro atoms. The molecule has 37 heavy (non-hydrogen) atoms. The van der Waals surface area contributed by atoms with Crippen molar-refractivity contribution >= 4 is 39.1 Å². The lowest BCUT2D eigenvalue weighted by Gasteiger charge is -2.18. The molecule has 3 nitrogen and oxygen atoms in total. The fourth-order valence-corrected chi connectivity index (χ4v) is 5.98. The molecule has 1 aliphatic rings. The van der Waals surface area contributed by atoms with Crippen molar-refractivity contribution in [2.24, 2.45) is 0 Å². The van der Waals surface area contributed by atoms with E-state index < -0.39 is 21.8 Å². The smallest absolute Gasteiger partial charge is 0.333 e. The Balaban J connectivity index is 1.81. The number of benzene rings is 2. The molecule has 0 N–H and O–H groups in total. The highest BCUT2D eigenvalue weighted by molar-refractivity contribution is 8.14. The minimum absolute atomic E-state index is 0.0696. The molecule has 0 radical (unpaired) electrons. The number of alkyl halides is 3. The van der Waals surface area contributed by atoms with Crippen LogP contribution in [0.3, 0.4) is 0 Å². The third kappa shape index (κ3) is 4.13. The minimum Gasteiger partial charge on any atom is -0.333 e. The fourth-order valence-electron chi connectivity index (χ4n) is 5.19. The first-order valence-electron chi connectivity index (χ1n) is 11.7. The van der Waals surface area contributed by atoms with E-state index in [1.807, 2.05) is 51.1 Å². The molecule has 0 amide bonds. The number of allylic oxidation sites excluding steroid dienone is 1. The lowest BCUT2D eigenvalue weighted by Crippen LogP contribution is -2.18. The van der Waals surface area contributed by atoms with Gasteiger partial charge in [0.15, 0.2) is 5.78 Å². The summed E-state index contributed by atoms with van der Waals surface area (Å²) in [6, 6.07) is 9.08. The summed E-state index contributed by atoms with van der Waals surface area (Å²) in [4.78, 5) is 17.8. The Kier molecular flexibility index (Phi) is 6.18. The van der Waals surface area contributed by atoms with E-state index >= 15 is 0 Å². The largest absolute Gasteiger partial charge is 0.440 e. The molecule has 190 valence electrons. The Bertz CT molecular complexity index is 1650. The van der Waals surface area contributed by atoms with Crippen LogP contribution in [0.4, 0.5) is 17.6 Å². The normalized spacial score (nSPS) is 14.3. The average Bonchev–Trinajstić information content (AvgIpc) is 3.17. The number of pyridine rings is 1. The summed E-state index contributed by atoms with van der Waals surface area (Å²) in [6.07, 6.45) is 5.70. The monoisotopic (exact) mass is 524 g/mol. The van der Waals surface area contributed by atoms with Gasteiger partial charge in [0.2, 0.25) is 0 Å². The molecule has 8 heteroatoms. The summed E-state index contributed by atoms with van der Waals surface area (Å²) in [7, 11) is -2.31. The number of fused-ring (bicyclic) bond motifs is 5. The average molecular weight is 525 g/mol. The van der Waals surface area contributed by atoms with Crippen LogP contribution in [0.15, 0.2) is 53.6 Å². The van der Waals surface area contributed by atoms with Gasteiger partial charge in [0, 0.05) is 33.2 Å². The number of rotatable bonds is 4. The van der Waals surface area contributed by atoms with Gasteiger partial charge < -0.3 is 4.57 Å². The van der Waals surface area contributed by atoms with Crippen LogP contribution in [0.25, 0.3) is 28.1 Å². The molecule has 2 aromatic carbocycles. The van der Waals surface area contributed by atoms with Gasteiger partial charge in [0.1, 0.15) is 5.82 Å². The lowest BCUT2D eigenvalue weighted by atomic mass is 9.88. The molecule has 0 aliphatic heterocycles. The molecule has 1 unspecified atom stereocenters. The highest BCUT2D eigenvalue weighted by Crippen LogP contribution is 2.45. The molecular weight excluding hydrogens is 500 g/mol. The number of Topliss-reactive ketones (excluding diaryl/α,β-unsaturated/α-hetero) is 1. The van der Waals surface area contributed by atoms with Crippen LogP contribution in [0.2, 0.25) is 0 Å². The molecule has 4 aromatic rings. The van der Waals surface area contributed by atoms with Gasteiger partial charge in [0.25, 0.3) is 0 Å². The number of halogens is 4. The molecule has 0 saturated carbocycles. The van der Waals surface area contributed by atoms with Crippen LogP contribution in [0.1, 0.15) is 45.4 Å². The Morgan fingerprint density at radius 1 is 1.19 bits per heavy atom. The molecule has 2 heterocycles. The number of hydrogen-bond acceptors (Lipinski definition) is 2. The molecule has 0 bridgehead atoms. The van der Waals surface area contributed by atoms with E-state index in [9.17, 15) is 22.4 Å². The lowest BCUT2D eigenvalue weighted by molar-refractivity contribution is -0.0334. The van der Waals surface area contributed by atoms with Gasteiger partial charge in [0.05, 0.1) is 29.9 Å². The summed E-state index contributed by atoms with van der Waals surface area (Å²) in [5.74, 6) is 2.46. The zero-order chi connectivity index (χ0) is 26.6. The molecule has 1 aliphatic carbocycles. The maximum absolute atomic E-state index is 15.0. The van der Waals surface area contributed by atoms with Crippen molar-refractivity contribution in [1.82, 2.24) is 9.55 Å². The van der Waals surface area contributed by atoms with Crippen LogP contribution in [-0.4, -0.2) is 26.7 Å². The Morgan fingerprint density at radius 3 is 2.65 bits per heavy atom. The predicted octanol–water partition coefficient (Wildman–Crippen LogP) is 7.86. The Hall–Kier alpha value is -3.52. The van der Waals surface area contributed by atoms with E-state index in [0.29, 0.717) is 11.4 Å². The van der Waals surface area contributed by atoms with Crippen LogP contribution in [0, 0.1) is 19.7 Å². The first-order chi connectivity index (χ1) is 17.5. The van der Waals surface area contributed by atoms with Gasteiger partial charge in [-0.3, -0.25) is 9.78 Å². The molecular formula is C29H24F4N2OS. The summed E-state index contributed by atoms with van der Waals surface area (Å²) >= 11 is 0. The van der Waals surface area contributed by atoms with E-state index in [1.165, 1.54) is 6.07 Å². The number of ketones is 1. The number of hydrogen-bond donors (Lipinski definition) is 0. The summed E-state index contributed by atoms with van der Waals surface area (Å²) < 4.78 is 56.8. The highest BCUT2D eigenvalue weighted by atomic mass is 32.2. The van der Waals surface area contributed by atoms with Crippen molar-refractivity contribution in [2.75, 3.05) is 0 Å². The standard InChI is InChI=1S/C29H24F4N2OS/c1-5-7-20-16(2)12-24-26(17(20)3)27-21-8-6-11-34-23(21)14-25(36)28(27)35(24)15-18-13-19(9-10-22(18)30)37(4)29(31,32)33/h5-13H,4,14-15H2,1-3H3/b7-5-. The van der Waals surface area contributed by atoms with Gasteiger partial charge in [-0.1, -0.05) is 34.6 Å². The van der Waals surface area contributed by atoms with Gasteiger partial charge in [-0.25, -0.2) is 4.39 Å². The van der Waals surface area contributed by atoms with Crippen molar-refractivity contribution < 1.29 is 22.4 Å². The van der Waals surface area contributed by atoms with E-state index in [2.05, 4.69) is 10.9 Å². The first-order valence-corrected chi connectivity index (χ1v) is 13.1. The zero-order valence-electron chi connectivity index (χ0n) is 20.5. The Morgan fingerprint density at radius 2 is 1.95 bits per heavy atom. The maximum Gasteiger partial charge on any atom is 0.440 e. The molecule has 0 saturated heterocycles. The summed E-state index contributed by atoms with van der Waals surface area (Å²) in [5.41, 5.74) is 1.91. The third-order valence-corrected chi connectivity index (χ3v) is 8.24. The second kappa shape index (κ2) is 9.10. The zero-order valence-corrected chi connectivity index (χ0v) is 21.4. The topological polar surface area (TPSA) is 34.9 Å². The van der Waals surface area contributed by atoms with Crippen molar-refractivity contribution in [1.29, 1.82) is 0 Å². The van der Waals surface area contributed by atoms with Crippen molar-refractivity contribution in [3.8, 4) is 11.1 Å². The second-order valence-corrected chi connectivity index (χ2v) is 10.8. The van der Waals surface area contributed by atoms with Crippen LogP contribution in [0.5, 0.6) is 0 Å². The number of aryl methyl sites for hydroxylation is 2. The SMILES string of the molecule is C=S(c1ccc(F)c(Cn2c3c(c4c(C)c(/C=C\C)c(C)cc42)-c2cccnc2CC3=O)c1)C(F)(F)F. The third-order valence-electron chi connectivity index (χ3n) is 6.86. The number of aromatic nitrogens is 2. The van der Waals surface area contributed by atoms with Crippen molar-refractivity contribution in [3.05, 3.63) is 88.1 Å². The summed E-state index contributed by atoms with van der Waals surface area (Å²) in [6.45, 7) is 5.79. The van der Waals surface area contributed by atoms with Gasteiger partial charge >= 0.3 is 5.51 Å². The fraction of sp³-hybridized carbons (Fsp3) is 0.207. The van der Waals surface area contributed by atoms with Crippen LogP contribution < -0.4 is 0 Å². The van der Waals surface area contributed by atoms with E-state index in [-0.39, 0.29) is 29.2 Å². The van der Waals surface area contributed by atoms with E-state index in [1.54, 1.807) is 10.8 Å². The van der Waals surface area contributed by atoms with Crippen molar-refractivity contribution in [2.45, 2.75) is 44.1 Å². The minimum atomic E-state index is -4.53. The number of carbonyl (C=O) groups excluding carboxylic acids is 1. The highest BCUT2D eigenvalue weighted by Gasteiger charge is 2.34. The Labute approximate surface area is 214 Å². The second-order valence-electron chi connectivity index (χ2n) is 9.12. The molecule has 2 aromatic heterocycles. The molecule has 1 atom stereocenters.